The Labute approximate surface area is 140 Å². The van der Waals surface area contributed by atoms with E-state index in [1.165, 1.54) is 6.07 Å². The van der Waals surface area contributed by atoms with Gasteiger partial charge >= 0.3 is 0 Å². The number of hydrogen-bond acceptors (Lipinski definition) is 4. The molecule has 6 heteroatoms. The zero-order valence-electron chi connectivity index (χ0n) is 13.7. The second-order valence-corrected chi connectivity index (χ2v) is 6.28. The number of aromatic amines is 1. The molecule has 1 saturated carbocycles. The SMILES string of the molecule is CCc1cc(=O)[nH]c(-c2cccc(NC(=O)C3CCC(N)C3)c2)n1. The van der Waals surface area contributed by atoms with Crippen molar-refractivity contribution in [1.29, 1.82) is 0 Å². The number of hydrogen-bond donors (Lipinski definition) is 3. The molecule has 0 saturated heterocycles. The fraction of sp³-hybridized carbons (Fsp3) is 0.389. The second-order valence-electron chi connectivity index (χ2n) is 6.28. The van der Waals surface area contributed by atoms with Gasteiger partial charge in [0.1, 0.15) is 5.82 Å². The van der Waals surface area contributed by atoms with Gasteiger partial charge in [0.25, 0.3) is 5.56 Å². The van der Waals surface area contributed by atoms with Crippen molar-refractivity contribution in [2.45, 2.75) is 38.6 Å². The number of aryl methyl sites for hydroxylation is 1. The number of anilines is 1. The van der Waals surface area contributed by atoms with E-state index in [2.05, 4.69) is 15.3 Å². The first-order valence-corrected chi connectivity index (χ1v) is 8.32. The first-order chi connectivity index (χ1) is 11.5. The van der Waals surface area contributed by atoms with Crippen molar-refractivity contribution in [2.24, 2.45) is 11.7 Å². The average Bonchev–Trinajstić information content (AvgIpc) is 3.01. The lowest BCUT2D eigenvalue weighted by Gasteiger charge is -2.12. The fourth-order valence-electron chi connectivity index (χ4n) is 3.07. The summed E-state index contributed by atoms with van der Waals surface area (Å²) >= 11 is 0. The number of nitrogens with two attached hydrogens (primary N) is 1. The highest BCUT2D eigenvalue weighted by molar-refractivity contribution is 5.93. The van der Waals surface area contributed by atoms with Crippen LogP contribution in [0.3, 0.4) is 0 Å². The van der Waals surface area contributed by atoms with Gasteiger partial charge < -0.3 is 16.0 Å². The smallest absolute Gasteiger partial charge is 0.251 e. The third kappa shape index (κ3) is 3.71. The maximum Gasteiger partial charge on any atom is 0.251 e. The molecule has 1 aromatic carbocycles. The van der Waals surface area contributed by atoms with Gasteiger partial charge in [0.05, 0.1) is 0 Å². The number of H-pyrrole nitrogens is 1. The van der Waals surface area contributed by atoms with Crippen LogP contribution in [0.1, 0.15) is 31.9 Å². The molecule has 1 aliphatic carbocycles. The van der Waals surface area contributed by atoms with Crippen LogP contribution in [-0.4, -0.2) is 21.9 Å². The van der Waals surface area contributed by atoms with Crippen LogP contribution >= 0.6 is 0 Å². The quantitative estimate of drug-likeness (QED) is 0.800. The van der Waals surface area contributed by atoms with E-state index < -0.39 is 0 Å². The van der Waals surface area contributed by atoms with Crippen molar-refractivity contribution < 1.29 is 4.79 Å². The number of nitrogens with zero attached hydrogens (tertiary/aromatic N) is 1. The molecular weight excluding hydrogens is 304 g/mol. The predicted molar refractivity (Wildman–Crippen MR) is 93.6 cm³/mol. The van der Waals surface area contributed by atoms with E-state index in [1.807, 2.05) is 31.2 Å². The van der Waals surface area contributed by atoms with Gasteiger partial charge in [-0.05, 0) is 37.8 Å². The molecular formula is C18H22N4O2. The zero-order valence-corrected chi connectivity index (χ0v) is 13.7. The summed E-state index contributed by atoms with van der Waals surface area (Å²) in [6, 6.07) is 8.97. The van der Waals surface area contributed by atoms with Crippen LogP contribution in [0, 0.1) is 5.92 Å². The number of carbonyl (C=O) groups is 1. The minimum Gasteiger partial charge on any atom is -0.328 e. The van der Waals surface area contributed by atoms with E-state index in [9.17, 15) is 9.59 Å². The Morgan fingerprint density at radius 1 is 1.38 bits per heavy atom. The van der Waals surface area contributed by atoms with Crippen LogP contribution in [-0.2, 0) is 11.2 Å². The van der Waals surface area contributed by atoms with Gasteiger partial charge in [0.15, 0.2) is 0 Å². The third-order valence-corrected chi connectivity index (χ3v) is 4.40. The van der Waals surface area contributed by atoms with Crippen LogP contribution in [0.4, 0.5) is 5.69 Å². The van der Waals surface area contributed by atoms with E-state index in [4.69, 9.17) is 5.73 Å². The lowest BCUT2D eigenvalue weighted by molar-refractivity contribution is -0.119. The number of amides is 1. The van der Waals surface area contributed by atoms with Gasteiger partial charge in [0, 0.05) is 35.0 Å². The number of nitrogens with one attached hydrogen (secondary N) is 2. The molecule has 0 bridgehead atoms. The highest BCUT2D eigenvalue weighted by Gasteiger charge is 2.27. The van der Waals surface area contributed by atoms with Gasteiger partial charge in [-0.3, -0.25) is 9.59 Å². The van der Waals surface area contributed by atoms with Crippen LogP contribution in [0.2, 0.25) is 0 Å². The molecule has 1 fully saturated rings. The molecule has 1 aromatic heterocycles. The van der Waals surface area contributed by atoms with E-state index in [0.29, 0.717) is 17.9 Å². The molecule has 4 N–H and O–H groups in total. The molecule has 0 spiro atoms. The highest BCUT2D eigenvalue weighted by atomic mass is 16.2. The van der Waals surface area contributed by atoms with Crippen LogP contribution in [0.15, 0.2) is 35.1 Å². The maximum absolute atomic E-state index is 12.3. The number of aromatic nitrogens is 2. The molecule has 0 radical (unpaired) electrons. The minimum absolute atomic E-state index is 0.00358. The second kappa shape index (κ2) is 6.97. The molecule has 1 aliphatic rings. The van der Waals surface area contributed by atoms with Crippen molar-refractivity contribution in [2.75, 3.05) is 5.32 Å². The number of carbonyl (C=O) groups excluding carboxylic acids is 1. The molecule has 6 nitrogen and oxygen atoms in total. The Kier molecular flexibility index (Phi) is 4.76. The standard InChI is InChI=1S/C18H22N4O2/c1-2-14-10-16(23)22-17(20-14)11-4-3-5-15(9-11)21-18(24)12-6-7-13(19)8-12/h3-5,9-10,12-13H,2,6-8,19H2,1H3,(H,21,24)(H,20,22,23). The first-order valence-electron chi connectivity index (χ1n) is 8.32. The summed E-state index contributed by atoms with van der Waals surface area (Å²) in [6.45, 7) is 1.95. The topological polar surface area (TPSA) is 101 Å². The fourth-order valence-corrected chi connectivity index (χ4v) is 3.07. The lowest BCUT2D eigenvalue weighted by atomic mass is 10.1. The van der Waals surface area contributed by atoms with E-state index in [1.54, 1.807) is 0 Å². The van der Waals surface area contributed by atoms with E-state index in [0.717, 1.165) is 30.5 Å². The van der Waals surface area contributed by atoms with Crippen molar-refractivity contribution in [3.8, 4) is 11.4 Å². The molecule has 2 atom stereocenters. The highest BCUT2D eigenvalue weighted by Crippen LogP contribution is 2.26. The summed E-state index contributed by atoms with van der Waals surface area (Å²) in [5.41, 5.74) is 7.90. The summed E-state index contributed by atoms with van der Waals surface area (Å²) in [7, 11) is 0. The predicted octanol–water partition coefficient (Wildman–Crippen LogP) is 2.07. The molecule has 126 valence electrons. The Bertz CT molecular complexity index is 800. The average molecular weight is 326 g/mol. The van der Waals surface area contributed by atoms with Gasteiger partial charge in [-0.1, -0.05) is 19.1 Å². The van der Waals surface area contributed by atoms with E-state index in [-0.39, 0.29) is 23.4 Å². The Balaban J connectivity index is 1.80. The zero-order chi connectivity index (χ0) is 17.1. The Morgan fingerprint density at radius 3 is 2.92 bits per heavy atom. The van der Waals surface area contributed by atoms with Gasteiger partial charge in [0.2, 0.25) is 5.91 Å². The summed E-state index contributed by atoms with van der Waals surface area (Å²) in [6.07, 6.45) is 3.15. The monoisotopic (exact) mass is 326 g/mol. The normalized spacial score (nSPS) is 20.1. The Morgan fingerprint density at radius 2 is 2.21 bits per heavy atom. The molecule has 3 rings (SSSR count). The molecule has 2 unspecified atom stereocenters. The molecule has 2 aromatic rings. The molecule has 1 amide bonds. The maximum atomic E-state index is 12.3. The Hall–Kier alpha value is -2.47. The van der Waals surface area contributed by atoms with Crippen LogP contribution < -0.4 is 16.6 Å². The number of benzene rings is 1. The number of rotatable bonds is 4. The third-order valence-electron chi connectivity index (χ3n) is 4.40. The van der Waals surface area contributed by atoms with Crippen LogP contribution in [0.5, 0.6) is 0 Å². The summed E-state index contributed by atoms with van der Waals surface area (Å²) in [5.74, 6) is 0.493. The van der Waals surface area contributed by atoms with Crippen molar-refractivity contribution >= 4 is 11.6 Å². The molecule has 24 heavy (non-hydrogen) atoms. The van der Waals surface area contributed by atoms with E-state index >= 15 is 0 Å². The van der Waals surface area contributed by atoms with Gasteiger partial charge in [-0.2, -0.15) is 0 Å². The molecule has 1 heterocycles. The summed E-state index contributed by atoms with van der Waals surface area (Å²) in [4.78, 5) is 31.2. The minimum atomic E-state index is -0.175. The lowest BCUT2D eigenvalue weighted by Crippen LogP contribution is -2.23. The molecule has 0 aliphatic heterocycles. The summed E-state index contributed by atoms with van der Waals surface area (Å²) < 4.78 is 0. The van der Waals surface area contributed by atoms with Crippen molar-refractivity contribution in [3.63, 3.8) is 0 Å². The first kappa shape index (κ1) is 16.4. The summed E-state index contributed by atoms with van der Waals surface area (Å²) in [5, 5.41) is 2.94. The largest absolute Gasteiger partial charge is 0.328 e. The van der Waals surface area contributed by atoms with Crippen molar-refractivity contribution in [1.82, 2.24) is 9.97 Å². The van der Waals surface area contributed by atoms with Gasteiger partial charge in [-0.25, -0.2) is 4.98 Å². The van der Waals surface area contributed by atoms with Crippen molar-refractivity contribution in [3.05, 3.63) is 46.4 Å². The van der Waals surface area contributed by atoms with Crippen LogP contribution in [0.25, 0.3) is 11.4 Å². The van der Waals surface area contributed by atoms with Gasteiger partial charge in [-0.15, -0.1) is 0 Å².